The van der Waals surface area contributed by atoms with Crippen LogP contribution < -0.4 is 5.32 Å². The van der Waals surface area contributed by atoms with Crippen LogP contribution in [0.2, 0.25) is 0 Å². The van der Waals surface area contributed by atoms with E-state index in [9.17, 15) is 4.79 Å². The summed E-state index contributed by atoms with van der Waals surface area (Å²) < 4.78 is 2.03. The van der Waals surface area contributed by atoms with Gasteiger partial charge < -0.3 is 9.88 Å². The van der Waals surface area contributed by atoms with Gasteiger partial charge in [-0.25, -0.2) is 0 Å². The number of fused-ring (bicyclic) bond motifs is 1. The highest BCUT2D eigenvalue weighted by Crippen LogP contribution is 2.21. The molecule has 1 atom stereocenters. The number of hydrogen-bond donors (Lipinski definition) is 1. The molecular formula is C15H16N2O. The Hall–Kier alpha value is -2.03. The molecule has 2 aromatic rings. The van der Waals surface area contributed by atoms with Gasteiger partial charge in [-0.1, -0.05) is 17.7 Å². The van der Waals surface area contributed by atoms with Crippen molar-refractivity contribution in [2.45, 2.75) is 13.5 Å². The van der Waals surface area contributed by atoms with Crippen molar-refractivity contribution in [3.8, 4) is 0 Å². The zero-order valence-corrected chi connectivity index (χ0v) is 10.4. The molecule has 0 aliphatic carbocycles. The Bertz CT molecular complexity index is 568. The van der Waals surface area contributed by atoms with E-state index in [4.69, 9.17) is 0 Å². The largest absolute Gasteiger partial charge is 0.384 e. The highest BCUT2D eigenvalue weighted by molar-refractivity contribution is 5.98. The van der Waals surface area contributed by atoms with Gasteiger partial charge in [-0.15, -0.1) is 0 Å². The number of anilines is 1. The topological polar surface area (TPSA) is 34.0 Å². The number of carbonyl (C=O) groups excluding carboxylic acids is 1. The highest BCUT2D eigenvalue weighted by atomic mass is 16.1. The maximum atomic E-state index is 12.1. The van der Waals surface area contributed by atoms with Gasteiger partial charge in [0.15, 0.2) is 5.78 Å². The summed E-state index contributed by atoms with van der Waals surface area (Å²) >= 11 is 0. The van der Waals surface area contributed by atoms with Crippen LogP contribution in [0.3, 0.4) is 0 Å². The molecule has 0 bridgehead atoms. The van der Waals surface area contributed by atoms with Crippen molar-refractivity contribution >= 4 is 11.5 Å². The lowest BCUT2D eigenvalue weighted by molar-refractivity contribution is 0.0943. The van der Waals surface area contributed by atoms with Crippen LogP contribution in [0.25, 0.3) is 0 Å². The fourth-order valence-corrected chi connectivity index (χ4v) is 2.40. The van der Waals surface area contributed by atoms with Gasteiger partial charge in [0.2, 0.25) is 0 Å². The third-order valence-electron chi connectivity index (χ3n) is 3.47. The van der Waals surface area contributed by atoms with Gasteiger partial charge >= 0.3 is 0 Å². The minimum atomic E-state index is 0.0579. The second kappa shape index (κ2) is 4.33. The number of ketones is 1. The van der Waals surface area contributed by atoms with Gasteiger partial charge in [0.1, 0.15) is 0 Å². The van der Waals surface area contributed by atoms with E-state index in [-0.39, 0.29) is 11.7 Å². The predicted octanol–water partition coefficient (Wildman–Crippen LogP) is 2.72. The fourth-order valence-electron chi connectivity index (χ4n) is 2.40. The Morgan fingerprint density at radius 1 is 1.28 bits per heavy atom. The molecule has 18 heavy (non-hydrogen) atoms. The van der Waals surface area contributed by atoms with Crippen molar-refractivity contribution in [2.75, 3.05) is 11.9 Å². The first-order valence-corrected chi connectivity index (χ1v) is 6.24. The Morgan fingerprint density at radius 3 is 2.78 bits per heavy atom. The maximum Gasteiger partial charge on any atom is 0.185 e. The van der Waals surface area contributed by atoms with Crippen molar-refractivity contribution in [2.24, 2.45) is 5.92 Å². The van der Waals surface area contributed by atoms with Crippen molar-refractivity contribution in [3.05, 3.63) is 53.9 Å². The van der Waals surface area contributed by atoms with Crippen LogP contribution in [0.15, 0.2) is 42.6 Å². The molecular weight excluding hydrogens is 224 g/mol. The number of nitrogens with one attached hydrogen (secondary N) is 1. The standard InChI is InChI=1S/C15H16N2O/c1-11-4-6-13(7-5-11)16-9-12-10-17-8-2-3-14(17)15(12)18/h2-8,12,16H,9-10H2,1H3. The van der Waals surface area contributed by atoms with Crippen LogP contribution in [0.5, 0.6) is 0 Å². The fraction of sp³-hybridized carbons (Fsp3) is 0.267. The number of aryl methyl sites for hydroxylation is 1. The Morgan fingerprint density at radius 2 is 2.06 bits per heavy atom. The van der Waals surface area contributed by atoms with Crippen LogP contribution in [0, 0.1) is 12.8 Å². The van der Waals surface area contributed by atoms with E-state index in [1.54, 1.807) is 0 Å². The molecule has 1 aromatic heterocycles. The Balaban J connectivity index is 1.64. The van der Waals surface area contributed by atoms with Crippen LogP contribution in [0.1, 0.15) is 16.1 Å². The molecule has 0 fully saturated rings. The molecule has 0 saturated heterocycles. The number of rotatable bonds is 3. The number of hydrogen-bond acceptors (Lipinski definition) is 2. The molecule has 92 valence electrons. The molecule has 2 heterocycles. The summed E-state index contributed by atoms with van der Waals surface area (Å²) in [4.78, 5) is 12.1. The molecule has 3 nitrogen and oxygen atoms in total. The zero-order valence-electron chi connectivity index (χ0n) is 10.4. The normalized spacial score (nSPS) is 17.8. The van der Waals surface area contributed by atoms with E-state index in [0.29, 0.717) is 6.54 Å². The molecule has 1 N–H and O–H groups in total. The lowest BCUT2D eigenvalue weighted by Gasteiger charge is -2.11. The lowest BCUT2D eigenvalue weighted by atomic mass is 10.1. The van der Waals surface area contributed by atoms with Gasteiger partial charge in [0.25, 0.3) is 0 Å². The Labute approximate surface area is 106 Å². The first-order chi connectivity index (χ1) is 8.74. The Kier molecular flexibility index (Phi) is 2.67. The van der Waals surface area contributed by atoms with Gasteiger partial charge in [-0.05, 0) is 31.2 Å². The van der Waals surface area contributed by atoms with Gasteiger partial charge in [0, 0.05) is 25.0 Å². The van der Waals surface area contributed by atoms with Crippen molar-refractivity contribution in [1.82, 2.24) is 4.57 Å². The summed E-state index contributed by atoms with van der Waals surface area (Å²) in [7, 11) is 0. The number of aromatic nitrogens is 1. The number of carbonyl (C=O) groups is 1. The first kappa shape index (κ1) is 11.1. The van der Waals surface area contributed by atoms with Crippen molar-refractivity contribution in [1.29, 1.82) is 0 Å². The number of nitrogens with zero attached hydrogens (tertiary/aromatic N) is 1. The molecule has 3 rings (SSSR count). The SMILES string of the molecule is Cc1ccc(NCC2Cn3cccc3C2=O)cc1. The summed E-state index contributed by atoms with van der Waals surface area (Å²) in [5.41, 5.74) is 3.16. The molecule has 1 aromatic carbocycles. The lowest BCUT2D eigenvalue weighted by Crippen LogP contribution is -2.20. The average Bonchev–Trinajstić information content (AvgIpc) is 2.93. The second-order valence-corrected chi connectivity index (χ2v) is 4.85. The third-order valence-corrected chi connectivity index (χ3v) is 3.47. The molecule has 0 spiro atoms. The van der Waals surface area contributed by atoms with Gasteiger partial charge in [0.05, 0.1) is 11.6 Å². The summed E-state index contributed by atoms with van der Waals surface area (Å²) in [6, 6.07) is 12.1. The zero-order chi connectivity index (χ0) is 12.5. The van der Waals surface area contributed by atoms with Crippen LogP contribution in [-0.4, -0.2) is 16.9 Å². The van der Waals surface area contributed by atoms with Gasteiger partial charge in [-0.2, -0.15) is 0 Å². The smallest absolute Gasteiger partial charge is 0.185 e. The molecule has 1 unspecified atom stereocenters. The van der Waals surface area contributed by atoms with Crippen LogP contribution >= 0.6 is 0 Å². The molecule has 0 radical (unpaired) electrons. The minimum Gasteiger partial charge on any atom is -0.384 e. The van der Waals surface area contributed by atoms with Crippen LogP contribution in [-0.2, 0) is 6.54 Å². The molecule has 1 aliphatic heterocycles. The average molecular weight is 240 g/mol. The van der Waals surface area contributed by atoms with E-state index in [1.807, 2.05) is 22.9 Å². The summed E-state index contributed by atoms with van der Waals surface area (Å²) in [6.45, 7) is 3.56. The molecule has 0 saturated carbocycles. The molecule has 3 heteroatoms. The van der Waals surface area contributed by atoms with Crippen molar-refractivity contribution < 1.29 is 4.79 Å². The monoisotopic (exact) mass is 240 g/mol. The van der Waals surface area contributed by atoms with Crippen molar-refractivity contribution in [3.63, 3.8) is 0 Å². The second-order valence-electron chi connectivity index (χ2n) is 4.85. The van der Waals surface area contributed by atoms with E-state index in [1.165, 1.54) is 5.56 Å². The van der Waals surface area contributed by atoms with Crippen LogP contribution in [0.4, 0.5) is 5.69 Å². The maximum absolute atomic E-state index is 12.1. The number of benzene rings is 1. The van der Waals surface area contributed by atoms with E-state index < -0.39 is 0 Å². The van der Waals surface area contributed by atoms with E-state index in [2.05, 4.69) is 36.5 Å². The first-order valence-electron chi connectivity index (χ1n) is 6.24. The third kappa shape index (κ3) is 1.92. The minimum absolute atomic E-state index is 0.0579. The number of Topliss-reactive ketones (excluding diaryl/α,β-unsaturated/α-hetero) is 1. The summed E-state index contributed by atoms with van der Waals surface area (Å²) in [5, 5.41) is 3.33. The predicted molar refractivity (Wildman–Crippen MR) is 71.9 cm³/mol. The quantitative estimate of drug-likeness (QED) is 0.895. The molecule has 1 aliphatic rings. The van der Waals surface area contributed by atoms with E-state index in [0.717, 1.165) is 17.9 Å². The highest BCUT2D eigenvalue weighted by Gasteiger charge is 2.29. The van der Waals surface area contributed by atoms with E-state index >= 15 is 0 Å². The summed E-state index contributed by atoms with van der Waals surface area (Å²) in [5.74, 6) is 0.308. The van der Waals surface area contributed by atoms with Gasteiger partial charge in [-0.3, -0.25) is 4.79 Å². The summed E-state index contributed by atoms with van der Waals surface area (Å²) in [6.07, 6.45) is 1.97. The molecule has 0 amide bonds.